The SMILES string of the molecule is CC(=O)Nc1ccc(C(=O)N2CCC(Oc3cc(C)nc(C)n3)CC2)cc1. The van der Waals surface area contributed by atoms with Gasteiger partial charge in [-0.15, -0.1) is 0 Å². The number of hydrogen-bond acceptors (Lipinski definition) is 5. The fourth-order valence-electron chi connectivity index (χ4n) is 3.17. The minimum atomic E-state index is -0.134. The van der Waals surface area contributed by atoms with Crippen molar-refractivity contribution in [3.05, 3.63) is 47.4 Å². The highest BCUT2D eigenvalue weighted by Gasteiger charge is 2.25. The Hall–Kier alpha value is -2.96. The van der Waals surface area contributed by atoms with Crippen LogP contribution >= 0.6 is 0 Å². The van der Waals surface area contributed by atoms with E-state index in [9.17, 15) is 9.59 Å². The minimum Gasteiger partial charge on any atom is -0.474 e. The molecule has 142 valence electrons. The van der Waals surface area contributed by atoms with Crippen molar-refractivity contribution >= 4 is 17.5 Å². The van der Waals surface area contributed by atoms with Crippen LogP contribution in [0.5, 0.6) is 5.88 Å². The molecule has 1 aromatic heterocycles. The zero-order chi connectivity index (χ0) is 19.4. The first-order valence-electron chi connectivity index (χ1n) is 9.06. The summed E-state index contributed by atoms with van der Waals surface area (Å²) in [6.07, 6.45) is 1.57. The number of carbonyl (C=O) groups excluding carboxylic acids is 2. The van der Waals surface area contributed by atoms with Gasteiger partial charge in [0, 0.05) is 55.9 Å². The summed E-state index contributed by atoms with van der Waals surface area (Å²) in [5.74, 6) is 1.15. The molecule has 0 bridgehead atoms. The number of nitrogens with zero attached hydrogens (tertiary/aromatic N) is 3. The van der Waals surface area contributed by atoms with Crippen molar-refractivity contribution in [2.24, 2.45) is 0 Å². The number of amides is 2. The average Bonchev–Trinajstić information content (AvgIpc) is 2.61. The predicted octanol–water partition coefficient (Wildman–Crippen LogP) is 2.74. The predicted molar refractivity (Wildman–Crippen MR) is 102 cm³/mol. The van der Waals surface area contributed by atoms with Crippen LogP contribution in [0.2, 0.25) is 0 Å². The standard InChI is InChI=1S/C20H24N4O3/c1-13-12-19(22-14(2)21-13)27-18-8-10-24(11-9-18)20(26)16-4-6-17(7-5-16)23-15(3)25/h4-7,12,18H,8-11H2,1-3H3,(H,23,25). The smallest absolute Gasteiger partial charge is 0.253 e. The van der Waals surface area contributed by atoms with Crippen LogP contribution in [0.1, 0.15) is 41.6 Å². The molecule has 2 amide bonds. The normalized spacial score (nSPS) is 14.7. The second-order valence-corrected chi connectivity index (χ2v) is 6.76. The van der Waals surface area contributed by atoms with Gasteiger partial charge in [0.25, 0.3) is 5.91 Å². The maximum atomic E-state index is 12.7. The van der Waals surface area contributed by atoms with Gasteiger partial charge in [0.05, 0.1) is 0 Å². The summed E-state index contributed by atoms with van der Waals surface area (Å²) in [5, 5.41) is 2.70. The lowest BCUT2D eigenvalue weighted by Gasteiger charge is -2.32. The Bertz CT molecular complexity index is 807. The van der Waals surface area contributed by atoms with Crippen molar-refractivity contribution in [1.29, 1.82) is 0 Å². The van der Waals surface area contributed by atoms with Crippen LogP contribution in [0.15, 0.2) is 30.3 Å². The van der Waals surface area contributed by atoms with Gasteiger partial charge >= 0.3 is 0 Å². The van der Waals surface area contributed by atoms with Crippen LogP contribution in [0.3, 0.4) is 0 Å². The number of anilines is 1. The number of carbonyl (C=O) groups is 2. The second kappa shape index (κ2) is 8.16. The van der Waals surface area contributed by atoms with Gasteiger partial charge in [-0.1, -0.05) is 0 Å². The molecule has 0 atom stereocenters. The highest BCUT2D eigenvalue weighted by atomic mass is 16.5. The molecule has 0 unspecified atom stereocenters. The van der Waals surface area contributed by atoms with Gasteiger partial charge in [0.1, 0.15) is 11.9 Å². The lowest BCUT2D eigenvalue weighted by molar-refractivity contribution is -0.114. The Morgan fingerprint density at radius 3 is 2.37 bits per heavy atom. The van der Waals surface area contributed by atoms with Crippen molar-refractivity contribution < 1.29 is 14.3 Å². The number of piperidine rings is 1. The molecule has 0 radical (unpaired) electrons. The third-order valence-electron chi connectivity index (χ3n) is 4.41. The molecule has 2 heterocycles. The molecule has 7 heteroatoms. The van der Waals surface area contributed by atoms with Crippen molar-refractivity contribution in [2.75, 3.05) is 18.4 Å². The van der Waals surface area contributed by atoms with Gasteiger partial charge < -0.3 is 15.0 Å². The lowest BCUT2D eigenvalue weighted by atomic mass is 10.1. The van der Waals surface area contributed by atoms with Crippen LogP contribution in [-0.4, -0.2) is 45.9 Å². The van der Waals surface area contributed by atoms with Crippen LogP contribution in [0.25, 0.3) is 0 Å². The maximum absolute atomic E-state index is 12.7. The number of benzene rings is 1. The summed E-state index contributed by atoms with van der Waals surface area (Å²) in [4.78, 5) is 34.1. The van der Waals surface area contributed by atoms with Gasteiger partial charge in [0.15, 0.2) is 0 Å². The maximum Gasteiger partial charge on any atom is 0.253 e. The molecular formula is C20H24N4O3. The molecule has 27 heavy (non-hydrogen) atoms. The molecule has 3 rings (SSSR count). The molecular weight excluding hydrogens is 344 g/mol. The summed E-state index contributed by atoms with van der Waals surface area (Å²) < 4.78 is 5.97. The van der Waals surface area contributed by atoms with E-state index in [2.05, 4.69) is 15.3 Å². The van der Waals surface area contributed by atoms with E-state index in [0.717, 1.165) is 18.5 Å². The highest BCUT2D eigenvalue weighted by molar-refractivity contribution is 5.95. The number of aromatic nitrogens is 2. The van der Waals surface area contributed by atoms with E-state index in [1.165, 1.54) is 6.92 Å². The van der Waals surface area contributed by atoms with Crippen LogP contribution in [0.4, 0.5) is 5.69 Å². The number of nitrogens with one attached hydrogen (secondary N) is 1. The van der Waals surface area contributed by atoms with E-state index in [4.69, 9.17) is 4.74 Å². The topological polar surface area (TPSA) is 84.4 Å². The quantitative estimate of drug-likeness (QED) is 0.897. The first-order valence-corrected chi connectivity index (χ1v) is 9.06. The molecule has 0 spiro atoms. The van der Waals surface area contributed by atoms with Gasteiger partial charge in [-0.05, 0) is 38.1 Å². The Morgan fingerprint density at radius 1 is 1.11 bits per heavy atom. The molecule has 1 aliphatic heterocycles. The molecule has 1 aromatic carbocycles. The first kappa shape index (κ1) is 18.8. The Balaban J connectivity index is 1.55. The number of aryl methyl sites for hydroxylation is 2. The fourth-order valence-corrected chi connectivity index (χ4v) is 3.17. The number of hydrogen-bond donors (Lipinski definition) is 1. The lowest BCUT2D eigenvalue weighted by Crippen LogP contribution is -2.41. The van der Waals surface area contributed by atoms with Crippen molar-refractivity contribution in [1.82, 2.24) is 14.9 Å². The summed E-state index contributed by atoms with van der Waals surface area (Å²) in [6.45, 7) is 6.49. The van der Waals surface area contributed by atoms with Crippen molar-refractivity contribution in [3.8, 4) is 5.88 Å². The fraction of sp³-hybridized carbons (Fsp3) is 0.400. The van der Waals surface area contributed by atoms with Crippen LogP contribution in [-0.2, 0) is 4.79 Å². The average molecular weight is 368 g/mol. The van der Waals surface area contributed by atoms with E-state index < -0.39 is 0 Å². The minimum absolute atomic E-state index is 0.00319. The first-order chi connectivity index (χ1) is 12.9. The monoisotopic (exact) mass is 368 g/mol. The molecule has 0 aliphatic carbocycles. The largest absolute Gasteiger partial charge is 0.474 e. The number of likely N-dealkylation sites (tertiary alicyclic amines) is 1. The van der Waals surface area contributed by atoms with E-state index in [1.54, 1.807) is 24.3 Å². The molecule has 1 N–H and O–H groups in total. The van der Waals surface area contributed by atoms with Gasteiger partial charge in [0.2, 0.25) is 11.8 Å². The Kier molecular flexibility index (Phi) is 5.69. The van der Waals surface area contributed by atoms with Gasteiger partial charge in [-0.25, -0.2) is 4.98 Å². The highest BCUT2D eigenvalue weighted by Crippen LogP contribution is 2.20. The van der Waals surface area contributed by atoms with E-state index in [0.29, 0.717) is 36.0 Å². The van der Waals surface area contributed by atoms with Crippen molar-refractivity contribution in [2.45, 2.75) is 39.7 Å². The van der Waals surface area contributed by atoms with Crippen LogP contribution in [0, 0.1) is 13.8 Å². The van der Waals surface area contributed by atoms with Gasteiger partial charge in [-0.2, -0.15) is 4.98 Å². The molecule has 1 saturated heterocycles. The summed E-state index contributed by atoms with van der Waals surface area (Å²) >= 11 is 0. The van der Waals surface area contributed by atoms with E-state index in [-0.39, 0.29) is 17.9 Å². The third kappa shape index (κ3) is 5.03. The zero-order valence-electron chi connectivity index (χ0n) is 15.9. The zero-order valence-corrected chi connectivity index (χ0v) is 15.9. The molecule has 1 fully saturated rings. The van der Waals surface area contributed by atoms with Crippen molar-refractivity contribution in [3.63, 3.8) is 0 Å². The summed E-state index contributed by atoms with van der Waals surface area (Å²) in [7, 11) is 0. The summed E-state index contributed by atoms with van der Waals surface area (Å²) in [5.41, 5.74) is 2.18. The Labute approximate surface area is 158 Å². The van der Waals surface area contributed by atoms with E-state index in [1.807, 2.05) is 24.8 Å². The molecule has 7 nitrogen and oxygen atoms in total. The summed E-state index contributed by atoms with van der Waals surface area (Å²) in [6, 6.07) is 8.79. The van der Waals surface area contributed by atoms with Gasteiger partial charge in [-0.3, -0.25) is 9.59 Å². The number of ether oxygens (including phenoxy) is 1. The van der Waals surface area contributed by atoms with E-state index >= 15 is 0 Å². The molecule has 1 aliphatic rings. The number of rotatable bonds is 4. The molecule has 2 aromatic rings. The van der Waals surface area contributed by atoms with Crippen LogP contribution < -0.4 is 10.1 Å². The third-order valence-corrected chi connectivity index (χ3v) is 4.41. The second-order valence-electron chi connectivity index (χ2n) is 6.76. The molecule has 0 saturated carbocycles. The Morgan fingerprint density at radius 2 is 1.78 bits per heavy atom.